The van der Waals surface area contributed by atoms with Crippen molar-refractivity contribution in [2.24, 2.45) is 0 Å². The monoisotopic (exact) mass is 277 g/mol. The smallest absolute Gasteiger partial charge is 0.379 e. The van der Waals surface area contributed by atoms with Crippen LogP contribution in [0.1, 0.15) is 16.8 Å². The van der Waals surface area contributed by atoms with E-state index in [1.165, 1.54) is 12.1 Å². The Kier molecular flexibility index (Phi) is 3.89. The maximum atomic E-state index is 12.6. The quantitative estimate of drug-likeness (QED) is 0.932. The third-order valence-electron chi connectivity index (χ3n) is 2.65. The Balaban J connectivity index is 2.17. The summed E-state index contributed by atoms with van der Waals surface area (Å²) in [5, 5.41) is 11.7. The second-order valence-corrected chi connectivity index (χ2v) is 4.04. The van der Waals surface area contributed by atoms with Gasteiger partial charge in [-0.25, -0.2) is 0 Å². The number of rotatable bonds is 3. The second-order valence-electron chi connectivity index (χ2n) is 4.04. The van der Waals surface area contributed by atoms with E-state index in [9.17, 15) is 13.2 Å². The molecule has 20 heavy (non-hydrogen) atoms. The van der Waals surface area contributed by atoms with E-state index in [1.54, 1.807) is 24.4 Å². The van der Waals surface area contributed by atoms with Crippen LogP contribution in [0.25, 0.3) is 0 Å². The largest absolute Gasteiger partial charge is 0.417 e. The third-order valence-corrected chi connectivity index (χ3v) is 2.65. The molecule has 0 amide bonds. The number of anilines is 1. The fraction of sp³-hybridized carbons (Fsp3) is 0.143. The highest BCUT2D eigenvalue weighted by Gasteiger charge is 2.33. The average molecular weight is 277 g/mol. The van der Waals surface area contributed by atoms with Crippen molar-refractivity contribution in [3.63, 3.8) is 0 Å². The van der Waals surface area contributed by atoms with Crippen molar-refractivity contribution < 1.29 is 13.2 Å². The van der Waals surface area contributed by atoms with Crippen molar-refractivity contribution in [3.05, 3.63) is 59.4 Å². The molecule has 0 aliphatic rings. The van der Waals surface area contributed by atoms with Gasteiger partial charge in [0.25, 0.3) is 0 Å². The summed E-state index contributed by atoms with van der Waals surface area (Å²) < 4.78 is 37.9. The van der Waals surface area contributed by atoms with Crippen LogP contribution >= 0.6 is 0 Å². The van der Waals surface area contributed by atoms with Gasteiger partial charge < -0.3 is 5.32 Å². The minimum Gasteiger partial charge on any atom is -0.379 e. The predicted molar refractivity (Wildman–Crippen MR) is 67.7 cm³/mol. The fourth-order valence-corrected chi connectivity index (χ4v) is 1.69. The van der Waals surface area contributed by atoms with Gasteiger partial charge in [-0.05, 0) is 30.3 Å². The molecule has 0 fully saturated rings. The summed E-state index contributed by atoms with van der Waals surface area (Å²) in [6.07, 6.45) is -2.89. The summed E-state index contributed by atoms with van der Waals surface area (Å²) in [5.74, 6) is 0. The summed E-state index contributed by atoms with van der Waals surface area (Å²) >= 11 is 0. The summed E-state index contributed by atoms with van der Waals surface area (Å²) in [4.78, 5) is 4.09. The second kappa shape index (κ2) is 5.61. The van der Waals surface area contributed by atoms with Gasteiger partial charge in [0.1, 0.15) is 0 Å². The van der Waals surface area contributed by atoms with Gasteiger partial charge in [0.2, 0.25) is 0 Å². The fourth-order valence-electron chi connectivity index (χ4n) is 1.69. The Morgan fingerprint density at radius 1 is 1.20 bits per heavy atom. The van der Waals surface area contributed by atoms with E-state index in [0.717, 1.165) is 11.8 Å². The molecule has 0 bridgehead atoms. The molecule has 0 aliphatic carbocycles. The summed E-state index contributed by atoms with van der Waals surface area (Å²) in [7, 11) is 0. The Labute approximate surface area is 113 Å². The first-order valence-electron chi connectivity index (χ1n) is 5.76. The van der Waals surface area contributed by atoms with Crippen molar-refractivity contribution in [1.82, 2.24) is 4.98 Å². The normalized spacial score (nSPS) is 10.9. The van der Waals surface area contributed by atoms with Gasteiger partial charge in [-0.2, -0.15) is 18.4 Å². The zero-order chi connectivity index (χ0) is 14.6. The highest BCUT2D eigenvalue weighted by molar-refractivity contribution is 5.53. The summed E-state index contributed by atoms with van der Waals surface area (Å²) in [6.45, 7) is 0.372. The first kappa shape index (κ1) is 13.9. The molecule has 1 aromatic carbocycles. The van der Waals surface area contributed by atoms with Gasteiger partial charge >= 0.3 is 6.18 Å². The zero-order valence-corrected chi connectivity index (χ0v) is 10.3. The lowest BCUT2D eigenvalue weighted by Crippen LogP contribution is -2.09. The van der Waals surface area contributed by atoms with Crippen molar-refractivity contribution in [2.45, 2.75) is 12.7 Å². The molecule has 6 heteroatoms. The molecular weight excluding hydrogens is 267 g/mol. The van der Waals surface area contributed by atoms with Crippen LogP contribution in [0.2, 0.25) is 0 Å². The minimum atomic E-state index is -4.52. The molecule has 1 N–H and O–H groups in total. The van der Waals surface area contributed by atoms with E-state index in [1.807, 2.05) is 6.07 Å². The van der Waals surface area contributed by atoms with Gasteiger partial charge in [0.15, 0.2) is 0 Å². The van der Waals surface area contributed by atoms with Crippen LogP contribution < -0.4 is 5.32 Å². The van der Waals surface area contributed by atoms with E-state index in [-0.39, 0.29) is 0 Å². The lowest BCUT2D eigenvalue weighted by Gasteiger charge is -2.11. The predicted octanol–water partition coefficient (Wildman–Crippen LogP) is 3.58. The molecule has 0 atom stereocenters. The minimum absolute atomic E-state index is 0.372. The molecule has 0 radical (unpaired) electrons. The van der Waals surface area contributed by atoms with Gasteiger partial charge in [-0.1, -0.05) is 6.07 Å². The number of aromatic nitrogens is 1. The molecule has 102 valence electrons. The van der Waals surface area contributed by atoms with Crippen molar-refractivity contribution in [2.75, 3.05) is 5.32 Å². The third kappa shape index (κ3) is 3.26. The Bertz CT molecular complexity index is 630. The Hall–Kier alpha value is -2.55. The van der Waals surface area contributed by atoms with E-state index >= 15 is 0 Å². The Morgan fingerprint density at radius 3 is 2.60 bits per heavy atom. The standard InChI is InChI=1S/C14H10F3N3/c15-14(16,17)13-5-4-11(7-10(13)8-18)20-9-12-3-1-2-6-19-12/h1-7,20H,9H2. The maximum Gasteiger partial charge on any atom is 0.417 e. The molecule has 0 spiro atoms. The Morgan fingerprint density at radius 2 is 2.00 bits per heavy atom. The van der Waals surface area contributed by atoms with Gasteiger partial charge in [-0.15, -0.1) is 0 Å². The molecule has 1 aromatic heterocycles. The van der Waals surface area contributed by atoms with Crippen LogP contribution in [0.3, 0.4) is 0 Å². The number of pyridine rings is 1. The molecule has 0 saturated heterocycles. The number of hydrogen-bond acceptors (Lipinski definition) is 3. The van der Waals surface area contributed by atoms with E-state index < -0.39 is 17.3 Å². The number of nitrogens with zero attached hydrogens (tertiary/aromatic N) is 2. The first-order valence-corrected chi connectivity index (χ1v) is 5.76. The van der Waals surface area contributed by atoms with Crippen LogP contribution in [-0.2, 0) is 12.7 Å². The van der Waals surface area contributed by atoms with Crippen molar-refractivity contribution in [1.29, 1.82) is 5.26 Å². The molecular formula is C14H10F3N3. The average Bonchev–Trinajstić information content (AvgIpc) is 2.45. The van der Waals surface area contributed by atoms with Gasteiger partial charge in [0.05, 0.1) is 29.4 Å². The number of halogens is 3. The molecule has 3 nitrogen and oxygen atoms in total. The molecule has 2 rings (SSSR count). The number of benzene rings is 1. The van der Waals surface area contributed by atoms with Crippen molar-refractivity contribution >= 4 is 5.69 Å². The number of alkyl halides is 3. The van der Waals surface area contributed by atoms with E-state index in [0.29, 0.717) is 12.2 Å². The van der Waals surface area contributed by atoms with Crippen LogP contribution in [0.5, 0.6) is 0 Å². The van der Waals surface area contributed by atoms with Crippen molar-refractivity contribution in [3.8, 4) is 6.07 Å². The molecule has 0 saturated carbocycles. The first-order chi connectivity index (χ1) is 9.50. The lowest BCUT2D eigenvalue weighted by molar-refractivity contribution is -0.137. The number of hydrogen-bond donors (Lipinski definition) is 1. The molecule has 2 aromatic rings. The molecule has 0 unspecified atom stereocenters. The maximum absolute atomic E-state index is 12.6. The molecule has 0 aliphatic heterocycles. The highest BCUT2D eigenvalue weighted by Crippen LogP contribution is 2.33. The highest BCUT2D eigenvalue weighted by atomic mass is 19.4. The summed E-state index contributed by atoms with van der Waals surface area (Å²) in [6, 6.07) is 10.3. The topological polar surface area (TPSA) is 48.7 Å². The zero-order valence-electron chi connectivity index (χ0n) is 10.3. The van der Waals surface area contributed by atoms with Crippen LogP contribution in [0, 0.1) is 11.3 Å². The lowest BCUT2D eigenvalue weighted by atomic mass is 10.1. The van der Waals surface area contributed by atoms with Gasteiger partial charge in [0, 0.05) is 11.9 Å². The summed E-state index contributed by atoms with van der Waals surface area (Å²) in [5.41, 5.74) is -0.127. The van der Waals surface area contributed by atoms with E-state index in [4.69, 9.17) is 5.26 Å². The van der Waals surface area contributed by atoms with Gasteiger partial charge in [-0.3, -0.25) is 4.98 Å². The van der Waals surface area contributed by atoms with Crippen LogP contribution in [-0.4, -0.2) is 4.98 Å². The SMILES string of the molecule is N#Cc1cc(NCc2ccccn2)ccc1C(F)(F)F. The van der Waals surface area contributed by atoms with Crippen LogP contribution in [0.4, 0.5) is 18.9 Å². The molecule has 1 heterocycles. The van der Waals surface area contributed by atoms with Crippen LogP contribution in [0.15, 0.2) is 42.6 Å². The van der Waals surface area contributed by atoms with E-state index in [2.05, 4.69) is 10.3 Å². The number of nitrogens with one attached hydrogen (secondary N) is 1. The number of nitriles is 1.